The maximum atomic E-state index is 13.1. The first kappa shape index (κ1) is 9.42. The van der Waals surface area contributed by atoms with E-state index in [1.54, 1.807) is 29.7 Å². The second kappa shape index (κ2) is 3.64. The van der Waals surface area contributed by atoms with Gasteiger partial charge >= 0.3 is 0 Å². The number of rotatable bonds is 1. The number of nitrogens with zero attached hydrogens (tertiary/aromatic N) is 2. The second-order valence-electron chi connectivity index (χ2n) is 3.39. The summed E-state index contributed by atoms with van der Waals surface area (Å²) in [6, 6.07) is 8.28. The van der Waals surface area contributed by atoms with E-state index in [4.69, 9.17) is 0 Å². The highest BCUT2D eigenvalue weighted by molar-refractivity contribution is 7.16. The molecule has 4 heteroatoms. The Morgan fingerprint density at radius 3 is 3.00 bits per heavy atom. The van der Waals surface area contributed by atoms with Crippen LogP contribution in [0.3, 0.4) is 0 Å². The summed E-state index contributed by atoms with van der Waals surface area (Å²) in [5.74, 6) is 0.293. The molecule has 0 amide bonds. The summed E-state index contributed by atoms with van der Waals surface area (Å²) in [7, 11) is 0. The van der Waals surface area contributed by atoms with Gasteiger partial charge in [0.15, 0.2) is 5.82 Å². The second-order valence-corrected chi connectivity index (χ2v) is 4.28. The van der Waals surface area contributed by atoms with Crippen molar-refractivity contribution in [3.63, 3.8) is 0 Å². The number of aromatic nitrogens is 2. The smallest absolute Gasteiger partial charge is 0.160 e. The molecule has 0 saturated carbocycles. The van der Waals surface area contributed by atoms with E-state index < -0.39 is 0 Å². The highest BCUT2D eigenvalue weighted by Gasteiger charge is 2.04. The van der Waals surface area contributed by atoms with Crippen LogP contribution in [-0.4, -0.2) is 9.97 Å². The van der Waals surface area contributed by atoms with Crippen LogP contribution < -0.4 is 0 Å². The summed E-state index contributed by atoms with van der Waals surface area (Å²) in [4.78, 5) is 9.53. The molecule has 2 aromatic heterocycles. The first-order valence-electron chi connectivity index (χ1n) is 4.79. The van der Waals surface area contributed by atoms with Gasteiger partial charge in [-0.1, -0.05) is 12.1 Å². The van der Waals surface area contributed by atoms with E-state index in [0.717, 1.165) is 10.2 Å². The van der Waals surface area contributed by atoms with E-state index >= 15 is 0 Å². The van der Waals surface area contributed by atoms with Crippen molar-refractivity contribution >= 4 is 21.6 Å². The molecule has 2 nitrogen and oxygen atoms in total. The molecular weight excluding hydrogens is 223 g/mol. The lowest BCUT2D eigenvalue weighted by Crippen LogP contribution is -1.88. The van der Waals surface area contributed by atoms with E-state index in [-0.39, 0.29) is 5.82 Å². The summed E-state index contributed by atoms with van der Waals surface area (Å²) in [5, 5.41) is 2.99. The highest BCUT2D eigenvalue weighted by Crippen LogP contribution is 2.22. The molecule has 0 bridgehead atoms. The highest BCUT2D eigenvalue weighted by atomic mass is 32.1. The van der Waals surface area contributed by atoms with E-state index in [2.05, 4.69) is 9.97 Å². The fraction of sp³-hybridized carbons (Fsp3) is 0. The molecule has 0 aliphatic rings. The Morgan fingerprint density at radius 2 is 2.12 bits per heavy atom. The van der Waals surface area contributed by atoms with E-state index in [9.17, 15) is 4.39 Å². The lowest BCUT2D eigenvalue weighted by molar-refractivity contribution is 0.628. The van der Waals surface area contributed by atoms with E-state index in [0.29, 0.717) is 11.4 Å². The van der Waals surface area contributed by atoms with Gasteiger partial charge in [0.25, 0.3) is 0 Å². The zero-order valence-electron chi connectivity index (χ0n) is 8.22. The molecule has 3 aromatic rings. The average molecular weight is 230 g/mol. The molecule has 2 heterocycles. The Labute approximate surface area is 95.4 Å². The van der Waals surface area contributed by atoms with Crippen molar-refractivity contribution in [1.29, 1.82) is 0 Å². The molecule has 1 aromatic carbocycles. The van der Waals surface area contributed by atoms with Crippen LogP contribution in [0.25, 0.3) is 21.6 Å². The van der Waals surface area contributed by atoms with Crippen molar-refractivity contribution < 1.29 is 4.39 Å². The Kier molecular flexibility index (Phi) is 2.15. The van der Waals surface area contributed by atoms with Gasteiger partial charge in [-0.2, -0.15) is 0 Å². The molecule has 0 unspecified atom stereocenters. The van der Waals surface area contributed by atoms with Gasteiger partial charge in [-0.05, 0) is 23.6 Å². The van der Waals surface area contributed by atoms with Crippen molar-refractivity contribution in [3.8, 4) is 11.4 Å². The van der Waals surface area contributed by atoms with E-state index in [1.165, 1.54) is 12.1 Å². The number of fused-ring (bicyclic) bond motifs is 1. The summed E-state index contributed by atoms with van der Waals surface area (Å²) < 4.78 is 13.1. The minimum atomic E-state index is -0.271. The Bertz CT molecular complexity index is 648. The molecule has 16 heavy (non-hydrogen) atoms. The predicted octanol–water partition coefficient (Wildman–Crippen LogP) is 3.50. The summed E-state index contributed by atoms with van der Waals surface area (Å²) in [6.07, 6.45) is 1.76. The van der Waals surface area contributed by atoms with Crippen molar-refractivity contribution in [2.75, 3.05) is 0 Å². The van der Waals surface area contributed by atoms with Gasteiger partial charge in [0, 0.05) is 17.1 Å². The molecule has 0 aliphatic carbocycles. The van der Waals surface area contributed by atoms with Crippen LogP contribution in [0.4, 0.5) is 4.39 Å². The van der Waals surface area contributed by atoms with Crippen LogP contribution >= 0.6 is 11.3 Å². The Hall–Kier alpha value is -1.81. The third-order valence-electron chi connectivity index (χ3n) is 2.29. The molecule has 0 fully saturated rings. The molecule has 0 atom stereocenters. The van der Waals surface area contributed by atoms with Gasteiger partial charge in [-0.3, -0.25) is 0 Å². The van der Waals surface area contributed by atoms with Gasteiger partial charge in [0.1, 0.15) is 10.6 Å². The summed E-state index contributed by atoms with van der Waals surface area (Å²) >= 11 is 1.56. The molecule has 0 saturated heterocycles. The number of halogens is 1. The Balaban J connectivity index is 2.18. The molecule has 3 rings (SSSR count). The topological polar surface area (TPSA) is 25.8 Å². The predicted molar refractivity (Wildman–Crippen MR) is 62.8 cm³/mol. The molecule has 78 valence electrons. The fourth-order valence-corrected chi connectivity index (χ4v) is 2.26. The first-order chi connectivity index (χ1) is 7.83. The lowest BCUT2D eigenvalue weighted by atomic mass is 10.2. The number of thiophene rings is 1. The van der Waals surface area contributed by atoms with Gasteiger partial charge in [0.05, 0.1) is 0 Å². The monoisotopic (exact) mass is 230 g/mol. The largest absolute Gasteiger partial charge is 0.236 e. The van der Waals surface area contributed by atoms with Gasteiger partial charge in [-0.15, -0.1) is 11.3 Å². The van der Waals surface area contributed by atoms with Crippen LogP contribution in [0.15, 0.2) is 41.9 Å². The SMILES string of the molecule is Fc1cccc(-c2ncc3ccsc3n2)c1. The number of hydrogen-bond donors (Lipinski definition) is 0. The minimum Gasteiger partial charge on any atom is -0.236 e. The standard InChI is InChI=1S/C12H7FN2S/c13-10-3-1-2-8(6-10)11-14-7-9-4-5-16-12(9)15-11/h1-7H. The van der Waals surface area contributed by atoms with Crippen LogP contribution in [0.1, 0.15) is 0 Å². The third-order valence-corrected chi connectivity index (χ3v) is 3.11. The summed E-state index contributed by atoms with van der Waals surface area (Å²) in [6.45, 7) is 0. The molecule has 0 radical (unpaired) electrons. The zero-order chi connectivity index (χ0) is 11.0. The van der Waals surface area contributed by atoms with Crippen LogP contribution in [0, 0.1) is 5.82 Å². The molecule has 0 aliphatic heterocycles. The van der Waals surface area contributed by atoms with Gasteiger partial charge in [-0.25, -0.2) is 14.4 Å². The Morgan fingerprint density at radius 1 is 1.19 bits per heavy atom. The van der Waals surface area contributed by atoms with Crippen molar-refractivity contribution in [1.82, 2.24) is 9.97 Å². The molecule has 0 spiro atoms. The van der Waals surface area contributed by atoms with E-state index in [1.807, 2.05) is 11.4 Å². The maximum absolute atomic E-state index is 13.1. The van der Waals surface area contributed by atoms with Crippen LogP contribution in [0.5, 0.6) is 0 Å². The van der Waals surface area contributed by atoms with Crippen molar-refractivity contribution in [3.05, 3.63) is 47.7 Å². The lowest BCUT2D eigenvalue weighted by Gasteiger charge is -1.99. The third kappa shape index (κ3) is 1.57. The average Bonchev–Trinajstić information content (AvgIpc) is 2.75. The first-order valence-corrected chi connectivity index (χ1v) is 5.67. The quantitative estimate of drug-likeness (QED) is 0.639. The van der Waals surface area contributed by atoms with Crippen molar-refractivity contribution in [2.45, 2.75) is 0 Å². The maximum Gasteiger partial charge on any atom is 0.160 e. The molecular formula is C12H7FN2S. The normalized spacial score (nSPS) is 10.8. The fourth-order valence-electron chi connectivity index (χ4n) is 1.52. The number of benzene rings is 1. The minimum absolute atomic E-state index is 0.271. The van der Waals surface area contributed by atoms with Crippen molar-refractivity contribution in [2.24, 2.45) is 0 Å². The number of hydrogen-bond acceptors (Lipinski definition) is 3. The zero-order valence-corrected chi connectivity index (χ0v) is 9.04. The van der Waals surface area contributed by atoms with Crippen LogP contribution in [-0.2, 0) is 0 Å². The van der Waals surface area contributed by atoms with Crippen LogP contribution in [0.2, 0.25) is 0 Å². The van der Waals surface area contributed by atoms with Gasteiger partial charge < -0.3 is 0 Å². The summed E-state index contributed by atoms with van der Waals surface area (Å²) in [5.41, 5.74) is 0.704. The molecule has 0 N–H and O–H groups in total. The van der Waals surface area contributed by atoms with Gasteiger partial charge in [0.2, 0.25) is 0 Å².